The second kappa shape index (κ2) is 14.0. The van der Waals surface area contributed by atoms with Gasteiger partial charge in [-0.25, -0.2) is 8.78 Å². The summed E-state index contributed by atoms with van der Waals surface area (Å²) in [5.74, 6) is -7.32. The van der Waals surface area contributed by atoms with Gasteiger partial charge in [-0.15, -0.1) is 0 Å². The van der Waals surface area contributed by atoms with E-state index in [9.17, 15) is 39.5 Å². The average Bonchev–Trinajstić information content (AvgIpc) is 2.92. The summed E-state index contributed by atoms with van der Waals surface area (Å²) in [5.41, 5.74) is -2.19. The van der Waals surface area contributed by atoms with Crippen molar-refractivity contribution in [1.29, 1.82) is 0 Å². The number of hydrogen-bond acceptors (Lipinski definition) is 4. The predicted molar refractivity (Wildman–Crippen MR) is 137 cm³/mol. The van der Waals surface area contributed by atoms with Crippen LogP contribution >= 0.6 is 0 Å². The van der Waals surface area contributed by atoms with Crippen molar-refractivity contribution < 1.29 is 58.5 Å². The fraction of sp³-hybridized carbons (Fsp3) is 0.733. The van der Waals surface area contributed by atoms with Gasteiger partial charge in [0.25, 0.3) is 0 Å². The van der Waals surface area contributed by atoms with E-state index in [0.29, 0.717) is 18.8 Å². The quantitative estimate of drug-likeness (QED) is 0.190. The number of allylic oxidation sites excluding steroid dienone is 2. The third-order valence-electron chi connectivity index (χ3n) is 8.70. The maximum Gasteiger partial charge on any atom is 0.422 e. The number of hydrogen-bond donors (Lipinski definition) is 0. The molecule has 0 bridgehead atoms. The highest BCUT2D eigenvalue weighted by Gasteiger charge is 2.48. The monoisotopic (exact) mass is 632 g/mol. The number of halogens is 9. The summed E-state index contributed by atoms with van der Waals surface area (Å²) in [5, 5.41) is 0. The highest BCUT2D eigenvalue weighted by Crippen LogP contribution is 2.44. The van der Waals surface area contributed by atoms with Crippen LogP contribution in [0.1, 0.15) is 76.7 Å². The molecule has 4 nitrogen and oxygen atoms in total. The smallest absolute Gasteiger partial charge is 0.422 e. The van der Waals surface area contributed by atoms with E-state index in [1.165, 1.54) is 0 Å². The van der Waals surface area contributed by atoms with Crippen molar-refractivity contribution >= 4 is 0 Å². The summed E-state index contributed by atoms with van der Waals surface area (Å²) >= 11 is 0. The van der Waals surface area contributed by atoms with E-state index in [1.807, 2.05) is 13.0 Å². The van der Waals surface area contributed by atoms with E-state index in [-0.39, 0.29) is 56.9 Å². The second-order valence-electron chi connectivity index (χ2n) is 11.7. The molecule has 0 unspecified atom stereocenters. The molecule has 2 saturated carbocycles. The van der Waals surface area contributed by atoms with Crippen LogP contribution in [0, 0.1) is 35.3 Å². The molecule has 0 spiro atoms. The molecule has 0 amide bonds. The van der Waals surface area contributed by atoms with Crippen LogP contribution in [0.3, 0.4) is 0 Å². The Hall–Kier alpha value is -1.99. The standard InChI is InChI=1S/C30H37F9O4/c1-2-3-4-5-18-6-10-20(11-7-18)30(38,39)43-23-16-40-27(41-17-23)19-8-12-21(13-9-19)29(36,37)42-22-14-24(31)26(25(32)15-22)28(33,34)35/h2-3,14-15,18-21,23,27H,4-13,16-17H2,1H3. The lowest BCUT2D eigenvalue weighted by molar-refractivity contribution is -0.339. The molecule has 3 aliphatic rings. The molecular formula is C30H37F9O4. The van der Waals surface area contributed by atoms with E-state index in [4.69, 9.17) is 14.2 Å². The van der Waals surface area contributed by atoms with Gasteiger partial charge in [-0.05, 0) is 77.0 Å². The van der Waals surface area contributed by atoms with Gasteiger partial charge >= 0.3 is 18.4 Å². The highest BCUT2D eigenvalue weighted by atomic mass is 19.4. The van der Waals surface area contributed by atoms with Gasteiger partial charge in [-0.3, -0.25) is 0 Å². The average molecular weight is 633 g/mol. The molecular weight excluding hydrogens is 595 g/mol. The molecule has 1 aromatic rings. The van der Waals surface area contributed by atoms with Crippen LogP contribution in [0.15, 0.2) is 24.3 Å². The maximum atomic E-state index is 14.9. The van der Waals surface area contributed by atoms with Gasteiger partial charge in [-0.2, -0.15) is 30.7 Å². The van der Waals surface area contributed by atoms with Crippen LogP contribution in [0.2, 0.25) is 0 Å². The molecule has 1 heterocycles. The zero-order valence-corrected chi connectivity index (χ0v) is 23.8. The Balaban J connectivity index is 1.21. The van der Waals surface area contributed by atoms with E-state index >= 15 is 0 Å². The summed E-state index contributed by atoms with van der Waals surface area (Å²) in [4.78, 5) is 0. The Labute approximate surface area is 244 Å². The van der Waals surface area contributed by atoms with Crippen LogP contribution in [0.5, 0.6) is 5.75 Å². The Morgan fingerprint density at radius 3 is 1.86 bits per heavy atom. The SMILES string of the molecule is CC=CCCC1CCC(C(F)(F)OC2COC(C3CCC(C(F)(F)Oc4cc(F)c(C(F)(F)F)c(F)c4)CC3)OC2)CC1. The minimum absolute atomic E-state index is 0.0780. The molecule has 3 fully saturated rings. The first kappa shape index (κ1) is 33.9. The van der Waals surface area contributed by atoms with Gasteiger partial charge in [-0.1, -0.05) is 12.2 Å². The third kappa shape index (κ3) is 8.81. The molecule has 0 N–H and O–H groups in total. The van der Waals surface area contributed by atoms with E-state index in [0.717, 1.165) is 25.7 Å². The van der Waals surface area contributed by atoms with Crippen molar-refractivity contribution in [2.75, 3.05) is 13.2 Å². The summed E-state index contributed by atoms with van der Waals surface area (Å²) in [6.07, 6.45) is -5.93. The van der Waals surface area contributed by atoms with Crippen molar-refractivity contribution in [1.82, 2.24) is 0 Å². The molecule has 1 aromatic carbocycles. The first-order chi connectivity index (χ1) is 20.2. The van der Waals surface area contributed by atoms with Gasteiger partial charge in [0.05, 0.1) is 25.0 Å². The number of alkyl halides is 7. The van der Waals surface area contributed by atoms with Crippen LogP contribution < -0.4 is 4.74 Å². The van der Waals surface area contributed by atoms with Crippen molar-refractivity contribution in [2.24, 2.45) is 23.7 Å². The molecule has 13 heteroatoms. The molecule has 4 rings (SSSR count). The van der Waals surface area contributed by atoms with Gasteiger partial charge in [0.15, 0.2) is 6.29 Å². The minimum atomic E-state index is -5.34. The van der Waals surface area contributed by atoms with Crippen molar-refractivity contribution in [2.45, 2.75) is 102 Å². The Kier molecular flexibility index (Phi) is 11.0. The van der Waals surface area contributed by atoms with Crippen molar-refractivity contribution in [3.63, 3.8) is 0 Å². The Bertz CT molecular complexity index is 1050. The van der Waals surface area contributed by atoms with Crippen LogP contribution in [0.25, 0.3) is 0 Å². The molecule has 0 aromatic heterocycles. The first-order valence-corrected chi connectivity index (χ1v) is 14.7. The number of benzene rings is 1. The third-order valence-corrected chi connectivity index (χ3v) is 8.70. The molecule has 0 atom stereocenters. The Morgan fingerprint density at radius 2 is 1.33 bits per heavy atom. The lowest BCUT2D eigenvalue weighted by Gasteiger charge is -2.40. The molecule has 1 saturated heterocycles. The second-order valence-corrected chi connectivity index (χ2v) is 11.7. The lowest BCUT2D eigenvalue weighted by Crippen LogP contribution is -2.47. The molecule has 2 aliphatic carbocycles. The van der Waals surface area contributed by atoms with Gasteiger partial charge in [0, 0.05) is 18.1 Å². The summed E-state index contributed by atoms with van der Waals surface area (Å²) in [7, 11) is 0. The normalized spacial score (nSPS) is 29.6. The van der Waals surface area contributed by atoms with E-state index < -0.39 is 65.6 Å². The number of rotatable bonds is 10. The van der Waals surface area contributed by atoms with Crippen molar-refractivity contribution in [3.8, 4) is 5.75 Å². The van der Waals surface area contributed by atoms with E-state index in [2.05, 4.69) is 10.8 Å². The Morgan fingerprint density at radius 1 is 0.791 bits per heavy atom. The van der Waals surface area contributed by atoms with Gasteiger partial charge < -0.3 is 18.9 Å². The molecule has 244 valence electrons. The van der Waals surface area contributed by atoms with Gasteiger partial charge in [0.1, 0.15) is 29.1 Å². The van der Waals surface area contributed by atoms with Crippen molar-refractivity contribution in [3.05, 3.63) is 41.5 Å². The molecule has 43 heavy (non-hydrogen) atoms. The highest BCUT2D eigenvalue weighted by molar-refractivity contribution is 5.32. The van der Waals surface area contributed by atoms with Gasteiger partial charge in [0.2, 0.25) is 0 Å². The van der Waals surface area contributed by atoms with E-state index in [1.54, 1.807) is 0 Å². The summed E-state index contributed by atoms with van der Waals surface area (Å²) in [6.45, 7) is 1.68. The number of ether oxygens (including phenoxy) is 4. The summed E-state index contributed by atoms with van der Waals surface area (Å²) < 4.78 is 146. The maximum absolute atomic E-state index is 14.9. The minimum Gasteiger partial charge on any atom is -0.432 e. The molecule has 1 aliphatic heterocycles. The van der Waals surface area contributed by atoms with Crippen LogP contribution in [0.4, 0.5) is 39.5 Å². The predicted octanol–water partition coefficient (Wildman–Crippen LogP) is 9.28. The molecule has 0 radical (unpaired) electrons. The lowest BCUT2D eigenvalue weighted by atomic mass is 9.79. The topological polar surface area (TPSA) is 36.9 Å². The van der Waals surface area contributed by atoms with Crippen LogP contribution in [-0.2, 0) is 20.4 Å². The zero-order valence-electron chi connectivity index (χ0n) is 23.8. The van der Waals surface area contributed by atoms with Crippen LogP contribution in [-0.4, -0.2) is 37.8 Å². The summed E-state index contributed by atoms with van der Waals surface area (Å²) in [6, 6.07) is 0.156. The first-order valence-electron chi connectivity index (χ1n) is 14.7. The fourth-order valence-corrected chi connectivity index (χ4v) is 6.29. The zero-order chi connectivity index (χ0) is 31.4. The fourth-order valence-electron chi connectivity index (χ4n) is 6.29. The largest absolute Gasteiger partial charge is 0.432 e.